The fraction of sp³-hybridized carbons (Fsp3) is 0.375. The fourth-order valence-corrected chi connectivity index (χ4v) is 5.05. The van der Waals surface area contributed by atoms with Gasteiger partial charge in [0.15, 0.2) is 0 Å². The van der Waals surface area contributed by atoms with Crippen molar-refractivity contribution in [2.75, 3.05) is 6.54 Å². The van der Waals surface area contributed by atoms with E-state index >= 15 is 0 Å². The van der Waals surface area contributed by atoms with E-state index in [1.807, 2.05) is 42.5 Å². The third-order valence-corrected chi connectivity index (χ3v) is 6.43. The van der Waals surface area contributed by atoms with E-state index in [4.69, 9.17) is 4.98 Å². The normalized spacial score (nSPS) is 22.1. The van der Waals surface area contributed by atoms with Crippen LogP contribution in [0, 0.1) is 5.92 Å². The van der Waals surface area contributed by atoms with Crippen LogP contribution in [-0.2, 0) is 0 Å². The van der Waals surface area contributed by atoms with Crippen LogP contribution in [0.1, 0.15) is 48.9 Å². The minimum absolute atomic E-state index is 0.172. The van der Waals surface area contributed by atoms with E-state index in [2.05, 4.69) is 9.88 Å². The topological polar surface area (TPSA) is 46.1 Å². The summed E-state index contributed by atoms with van der Waals surface area (Å²) in [5, 5.41) is 0.947. The van der Waals surface area contributed by atoms with Crippen LogP contribution in [0.4, 0.5) is 0 Å². The molecule has 1 saturated heterocycles. The number of amides is 1. The van der Waals surface area contributed by atoms with Gasteiger partial charge in [-0.05, 0) is 55.9 Å². The second-order valence-corrected chi connectivity index (χ2v) is 8.06. The van der Waals surface area contributed by atoms with E-state index in [9.17, 15) is 4.79 Å². The van der Waals surface area contributed by atoms with E-state index in [0.29, 0.717) is 12.0 Å². The zero-order chi connectivity index (χ0) is 18.9. The molecule has 0 radical (unpaired) electrons. The first kappa shape index (κ1) is 17.4. The van der Waals surface area contributed by atoms with Gasteiger partial charge in [-0.2, -0.15) is 0 Å². The molecule has 1 saturated carbocycles. The number of benzene rings is 1. The average Bonchev–Trinajstić information content (AvgIpc) is 2.78. The van der Waals surface area contributed by atoms with Crippen molar-refractivity contribution in [2.45, 2.75) is 44.6 Å². The Kier molecular flexibility index (Phi) is 4.55. The van der Waals surface area contributed by atoms with Gasteiger partial charge in [-0.3, -0.25) is 9.78 Å². The Labute approximate surface area is 165 Å². The maximum Gasteiger partial charge on any atom is 0.254 e. The van der Waals surface area contributed by atoms with E-state index < -0.39 is 0 Å². The highest BCUT2D eigenvalue weighted by Crippen LogP contribution is 2.37. The van der Waals surface area contributed by atoms with Crippen molar-refractivity contribution < 1.29 is 4.79 Å². The Bertz CT molecular complexity index is 999. The van der Waals surface area contributed by atoms with Crippen molar-refractivity contribution in [1.82, 2.24) is 14.9 Å². The lowest BCUT2D eigenvalue weighted by atomic mass is 9.78. The van der Waals surface area contributed by atoms with Crippen molar-refractivity contribution in [3.63, 3.8) is 0 Å². The smallest absolute Gasteiger partial charge is 0.254 e. The summed E-state index contributed by atoms with van der Waals surface area (Å²) in [7, 11) is 0. The number of para-hydroxylation sites is 1. The van der Waals surface area contributed by atoms with Gasteiger partial charge < -0.3 is 4.90 Å². The van der Waals surface area contributed by atoms with Crippen molar-refractivity contribution in [3.05, 3.63) is 60.4 Å². The molecule has 2 aliphatic rings. The van der Waals surface area contributed by atoms with Gasteiger partial charge in [-0.25, -0.2) is 4.98 Å². The highest BCUT2D eigenvalue weighted by molar-refractivity contribution is 6.07. The van der Waals surface area contributed by atoms with Gasteiger partial charge >= 0.3 is 0 Å². The second kappa shape index (κ2) is 7.34. The molecule has 2 aromatic heterocycles. The van der Waals surface area contributed by atoms with Gasteiger partial charge in [0.25, 0.3) is 5.91 Å². The Hall–Kier alpha value is -2.75. The van der Waals surface area contributed by atoms with Crippen LogP contribution in [0.25, 0.3) is 22.2 Å². The van der Waals surface area contributed by atoms with Gasteiger partial charge in [-0.1, -0.05) is 31.0 Å². The summed E-state index contributed by atoms with van der Waals surface area (Å²) in [5.74, 6) is 0.852. The third-order valence-electron chi connectivity index (χ3n) is 6.43. The van der Waals surface area contributed by atoms with Crippen LogP contribution in [0.3, 0.4) is 0 Å². The molecule has 2 fully saturated rings. The Morgan fingerprint density at radius 1 is 0.964 bits per heavy atom. The van der Waals surface area contributed by atoms with Crippen molar-refractivity contribution in [1.29, 1.82) is 0 Å². The number of piperidine rings is 1. The Balaban J connectivity index is 1.60. The first-order chi connectivity index (χ1) is 13.8. The van der Waals surface area contributed by atoms with Crippen molar-refractivity contribution >= 4 is 16.8 Å². The van der Waals surface area contributed by atoms with E-state index in [0.717, 1.165) is 47.1 Å². The molecule has 1 aliphatic carbocycles. The molecule has 1 aliphatic heterocycles. The molecule has 3 heterocycles. The summed E-state index contributed by atoms with van der Waals surface area (Å²) in [6.07, 6.45) is 10.9. The fourth-order valence-electron chi connectivity index (χ4n) is 5.05. The van der Waals surface area contributed by atoms with Crippen LogP contribution in [0.2, 0.25) is 0 Å². The molecule has 0 N–H and O–H groups in total. The lowest BCUT2D eigenvalue weighted by Gasteiger charge is -2.44. The maximum atomic E-state index is 13.7. The number of hydrogen-bond donors (Lipinski definition) is 0. The molecule has 5 rings (SSSR count). The number of aromatic nitrogens is 2. The lowest BCUT2D eigenvalue weighted by molar-refractivity contribution is 0.0392. The average molecular weight is 371 g/mol. The van der Waals surface area contributed by atoms with Crippen molar-refractivity contribution in [2.24, 2.45) is 5.92 Å². The zero-order valence-corrected chi connectivity index (χ0v) is 16.1. The number of carbonyl (C=O) groups excluding carboxylic acids is 1. The molecule has 142 valence electrons. The predicted octanol–water partition coefficient (Wildman–Crippen LogP) is 5.09. The summed E-state index contributed by atoms with van der Waals surface area (Å²) in [6, 6.07) is 14.3. The van der Waals surface area contributed by atoms with Gasteiger partial charge in [0.2, 0.25) is 0 Å². The SMILES string of the molecule is O=C(c1cc(-c2ccncc2)nc2ccccc12)N1CCCC2CCCCC21. The van der Waals surface area contributed by atoms with Gasteiger partial charge in [0.05, 0.1) is 16.8 Å². The summed E-state index contributed by atoms with van der Waals surface area (Å²) in [6.45, 7) is 0.876. The van der Waals surface area contributed by atoms with Crippen LogP contribution < -0.4 is 0 Å². The van der Waals surface area contributed by atoms with E-state index in [1.54, 1.807) is 12.4 Å². The number of carbonyl (C=O) groups is 1. The standard InChI is InChI=1S/C24H25N3O/c28-24(27-15-5-7-18-6-1-4-10-23(18)27)20-16-22(17-11-13-25-14-12-17)26-21-9-3-2-8-19(20)21/h2-3,8-9,11-14,16,18,23H,1,4-7,10,15H2. The minimum atomic E-state index is 0.172. The number of likely N-dealkylation sites (tertiary alicyclic amines) is 1. The number of pyridine rings is 2. The highest BCUT2D eigenvalue weighted by Gasteiger charge is 2.36. The molecule has 3 aromatic rings. The van der Waals surface area contributed by atoms with Crippen LogP contribution in [0.5, 0.6) is 0 Å². The first-order valence-corrected chi connectivity index (χ1v) is 10.4. The third kappa shape index (κ3) is 3.07. The number of hydrogen-bond acceptors (Lipinski definition) is 3. The quantitative estimate of drug-likeness (QED) is 0.630. The van der Waals surface area contributed by atoms with Gasteiger partial charge in [0, 0.05) is 35.9 Å². The Morgan fingerprint density at radius 3 is 2.64 bits per heavy atom. The number of fused-ring (bicyclic) bond motifs is 2. The molecule has 28 heavy (non-hydrogen) atoms. The highest BCUT2D eigenvalue weighted by atomic mass is 16.2. The molecule has 0 spiro atoms. The molecule has 4 nitrogen and oxygen atoms in total. The van der Waals surface area contributed by atoms with Gasteiger partial charge in [-0.15, -0.1) is 0 Å². The molecule has 2 unspecified atom stereocenters. The molecular formula is C24H25N3O. The monoisotopic (exact) mass is 371 g/mol. The minimum Gasteiger partial charge on any atom is -0.335 e. The van der Waals surface area contributed by atoms with Crippen LogP contribution in [0.15, 0.2) is 54.9 Å². The molecule has 0 bridgehead atoms. The summed E-state index contributed by atoms with van der Waals surface area (Å²) < 4.78 is 0. The predicted molar refractivity (Wildman–Crippen MR) is 111 cm³/mol. The van der Waals surface area contributed by atoms with Crippen LogP contribution in [-0.4, -0.2) is 33.4 Å². The summed E-state index contributed by atoms with van der Waals surface area (Å²) >= 11 is 0. The maximum absolute atomic E-state index is 13.7. The molecule has 1 amide bonds. The van der Waals surface area contributed by atoms with Crippen molar-refractivity contribution in [3.8, 4) is 11.3 Å². The van der Waals surface area contributed by atoms with E-state index in [1.165, 1.54) is 25.7 Å². The number of rotatable bonds is 2. The summed E-state index contributed by atoms with van der Waals surface area (Å²) in [5.41, 5.74) is 3.48. The zero-order valence-electron chi connectivity index (χ0n) is 16.1. The largest absolute Gasteiger partial charge is 0.335 e. The molecule has 4 heteroatoms. The number of nitrogens with zero attached hydrogens (tertiary/aromatic N) is 3. The molecular weight excluding hydrogens is 346 g/mol. The summed E-state index contributed by atoms with van der Waals surface area (Å²) in [4.78, 5) is 24.8. The van der Waals surface area contributed by atoms with E-state index in [-0.39, 0.29) is 5.91 Å². The first-order valence-electron chi connectivity index (χ1n) is 10.4. The molecule has 2 atom stereocenters. The molecule has 1 aromatic carbocycles. The second-order valence-electron chi connectivity index (χ2n) is 8.06. The Morgan fingerprint density at radius 2 is 1.75 bits per heavy atom. The van der Waals surface area contributed by atoms with Gasteiger partial charge in [0.1, 0.15) is 0 Å². The van der Waals surface area contributed by atoms with Crippen LogP contribution >= 0.6 is 0 Å². The lowest BCUT2D eigenvalue weighted by Crippen LogP contribution is -2.49.